The van der Waals surface area contributed by atoms with Crippen molar-refractivity contribution in [3.63, 3.8) is 0 Å². The monoisotopic (exact) mass is 280 g/mol. The second-order valence-corrected chi connectivity index (χ2v) is 5.01. The number of fused-ring (bicyclic) bond motifs is 1. The summed E-state index contributed by atoms with van der Waals surface area (Å²) in [6.45, 7) is 2.03. The van der Waals surface area contributed by atoms with Gasteiger partial charge in [-0.05, 0) is 12.0 Å². The molecule has 3 rings (SSSR count). The van der Waals surface area contributed by atoms with Gasteiger partial charge in [0.1, 0.15) is 5.58 Å². The Hall–Kier alpha value is -2.55. The van der Waals surface area contributed by atoms with E-state index in [4.69, 9.17) is 4.42 Å². The van der Waals surface area contributed by atoms with Crippen LogP contribution < -0.4 is 0 Å². The van der Waals surface area contributed by atoms with Crippen LogP contribution in [0, 0.1) is 0 Å². The predicted molar refractivity (Wildman–Crippen MR) is 82.6 cm³/mol. The van der Waals surface area contributed by atoms with E-state index < -0.39 is 5.97 Å². The minimum Gasteiger partial charge on any atom is -0.475 e. The van der Waals surface area contributed by atoms with Gasteiger partial charge in [-0.15, -0.1) is 0 Å². The molecule has 3 heteroatoms. The van der Waals surface area contributed by atoms with Crippen molar-refractivity contribution in [1.82, 2.24) is 0 Å². The molecular weight excluding hydrogens is 264 g/mol. The maximum absolute atomic E-state index is 11.4. The summed E-state index contributed by atoms with van der Waals surface area (Å²) in [6.07, 6.45) is 1.58. The molecule has 0 radical (unpaired) electrons. The van der Waals surface area contributed by atoms with Crippen LogP contribution in [0.5, 0.6) is 0 Å². The van der Waals surface area contributed by atoms with Gasteiger partial charge in [-0.3, -0.25) is 0 Å². The number of furan rings is 1. The van der Waals surface area contributed by atoms with Crippen LogP contribution in [0.2, 0.25) is 0 Å². The average molecular weight is 280 g/mol. The summed E-state index contributed by atoms with van der Waals surface area (Å²) < 4.78 is 5.70. The van der Waals surface area contributed by atoms with E-state index in [2.05, 4.69) is 0 Å². The minimum absolute atomic E-state index is 0.0650. The fraction of sp³-hybridized carbons (Fsp3) is 0.167. The van der Waals surface area contributed by atoms with Gasteiger partial charge in [0.25, 0.3) is 0 Å². The number of hydrogen-bond acceptors (Lipinski definition) is 2. The van der Waals surface area contributed by atoms with E-state index in [1.165, 1.54) is 0 Å². The molecule has 1 aromatic heterocycles. The number of carboxylic acids is 1. The van der Waals surface area contributed by atoms with Crippen LogP contribution in [-0.4, -0.2) is 11.1 Å². The van der Waals surface area contributed by atoms with Crippen molar-refractivity contribution in [3.05, 3.63) is 59.9 Å². The van der Waals surface area contributed by atoms with Crippen molar-refractivity contribution < 1.29 is 14.3 Å². The van der Waals surface area contributed by atoms with Crippen LogP contribution >= 0.6 is 0 Å². The van der Waals surface area contributed by atoms with Gasteiger partial charge in [0, 0.05) is 16.5 Å². The molecule has 0 amide bonds. The zero-order valence-corrected chi connectivity index (χ0v) is 11.8. The lowest BCUT2D eigenvalue weighted by atomic mass is 10.00. The van der Waals surface area contributed by atoms with Gasteiger partial charge in [-0.1, -0.05) is 61.9 Å². The molecule has 0 aliphatic heterocycles. The summed E-state index contributed by atoms with van der Waals surface area (Å²) in [4.78, 5) is 11.4. The normalized spacial score (nSPS) is 10.9. The molecule has 0 spiro atoms. The van der Waals surface area contributed by atoms with Gasteiger partial charge in [0.05, 0.1) is 0 Å². The third-order valence-corrected chi connectivity index (χ3v) is 3.60. The third kappa shape index (κ3) is 2.31. The van der Waals surface area contributed by atoms with Crippen LogP contribution in [0.25, 0.3) is 22.1 Å². The van der Waals surface area contributed by atoms with Gasteiger partial charge >= 0.3 is 5.97 Å². The highest BCUT2D eigenvalue weighted by Gasteiger charge is 2.21. The molecule has 0 fully saturated rings. The van der Waals surface area contributed by atoms with Crippen molar-refractivity contribution in [3.8, 4) is 11.1 Å². The number of aromatic carboxylic acids is 1. The zero-order chi connectivity index (χ0) is 14.8. The first kappa shape index (κ1) is 13.4. The molecule has 0 unspecified atom stereocenters. The molecule has 0 saturated carbocycles. The molecular formula is C18H16O3. The average Bonchev–Trinajstić information content (AvgIpc) is 2.88. The fourth-order valence-corrected chi connectivity index (χ4v) is 2.69. The Morgan fingerprint density at radius 2 is 1.86 bits per heavy atom. The highest BCUT2D eigenvalue weighted by atomic mass is 16.4. The summed E-state index contributed by atoms with van der Waals surface area (Å²) in [5, 5.41) is 10.3. The molecule has 0 bridgehead atoms. The molecule has 2 aromatic carbocycles. The van der Waals surface area contributed by atoms with E-state index in [0.29, 0.717) is 12.0 Å². The van der Waals surface area contributed by atoms with Crippen molar-refractivity contribution in [2.75, 3.05) is 0 Å². The first-order chi connectivity index (χ1) is 10.2. The Kier molecular flexibility index (Phi) is 3.48. The lowest BCUT2D eigenvalue weighted by molar-refractivity contribution is 0.0663. The van der Waals surface area contributed by atoms with Crippen LogP contribution in [0.1, 0.15) is 29.5 Å². The Morgan fingerprint density at radius 3 is 2.52 bits per heavy atom. The molecule has 21 heavy (non-hydrogen) atoms. The SMILES string of the molecule is CCCc1c(C(=O)O)oc2c(-c3ccccc3)cccc12. The highest BCUT2D eigenvalue weighted by molar-refractivity contribution is 6.00. The van der Waals surface area contributed by atoms with Gasteiger partial charge < -0.3 is 9.52 Å². The molecule has 0 saturated heterocycles. The van der Waals surface area contributed by atoms with Crippen LogP contribution in [0.3, 0.4) is 0 Å². The maximum Gasteiger partial charge on any atom is 0.372 e. The number of hydrogen-bond donors (Lipinski definition) is 1. The molecule has 3 nitrogen and oxygen atoms in total. The fourth-order valence-electron chi connectivity index (χ4n) is 2.69. The molecule has 0 aliphatic carbocycles. The second kappa shape index (κ2) is 5.44. The van der Waals surface area contributed by atoms with E-state index in [9.17, 15) is 9.90 Å². The number of benzene rings is 2. The number of para-hydroxylation sites is 1. The lowest BCUT2D eigenvalue weighted by Gasteiger charge is -2.02. The minimum atomic E-state index is -1.01. The van der Waals surface area contributed by atoms with Gasteiger partial charge in [0.15, 0.2) is 0 Å². The number of rotatable bonds is 4. The molecule has 106 valence electrons. The summed E-state index contributed by atoms with van der Waals surface area (Å²) in [7, 11) is 0. The van der Waals surface area contributed by atoms with Crippen molar-refractivity contribution in [2.45, 2.75) is 19.8 Å². The topological polar surface area (TPSA) is 50.4 Å². The zero-order valence-electron chi connectivity index (χ0n) is 11.8. The molecule has 1 heterocycles. The van der Waals surface area contributed by atoms with Crippen LogP contribution in [0.15, 0.2) is 52.9 Å². The predicted octanol–water partition coefficient (Wildman–Crippen LogP) is 4.75. The third-order valence-electron chi connectivity index (χ3n) is 3.60. The number of carboxylic acid groups (broad SMARTS) is 1. The van der Waals surface area contributed by atoms with Crippen molar-refractivity contribution in [1.29, 1.82) is 0 Å². The summed E-state index contributed by atoms with van der Waals surface area (Å²) in [5.74, 6) is -0.941. The van der Waals surface area contributed by atoms with Gasteiger partial charge in [0.2, 0.25) is 5.76 Å². The largest absolute Gasteiger partial charge is 0.475 e. The van der Waals surface area contributed by atoms with Crippen LogP contribution in [-0.2, 0) is 6.42 Å². The van der Waals surface area contributed by atoms with Crippen molar-refractivity contribution >= 4 is 16.9 Å². The first-order valence-electron chi connectivity index (χ1n) is 7.05. The van der Waals surface area contributed by atoms with E-state index in [1.807, 2.05) is 55.5 Å². The van der Waals surface area contributed by atoms with Gasteiger partial charge in [-0.25, -0.2) is 4.79 Å². The van der Waals surface area contributed by atoms with E-state index >= 15 is 0 Å². The van der Waals surface area contributed by atoms with E-state index in [1.54, 1.807) is 0 Å². The summed E-state index contributed by atoms with van der Waals surface area (Å²) in [5.41, 5.74) is 3.40. The van der Waals surface area contributed by atoms with Crippen LogP contribution in [0.4, 0.5) is 0 Å². The standard InChI is InChI=1S/C18H16O3/c1-2-7-14-15-11-6-10-13(12-8-4-3-5-9-12)16(15)21-17(14)18(19)20/h3-6,8-11H,2,7H2,1H3,(H,19,20). The Bertz CT molecular complexity index is 785. The molecule has 0 aliphatic rings. The lowest BCUT2D eigenvalue weighted by Crippen LogP contribution is -1.98. The quantitative estimate of drug-likeness (QED) is 0.750. The van der Waals surface area contributed by atoms with Gasteiger partial charge in [-0.2, -0.15) is 0 Å². The molecule has 0 atom stereocenters. The Balaban J connectivity index is 2.29. The second-order valence-electron chi connectivity index (χ2n) is 5.01. The summed E-state index contributed by atoms with van der Waals surface area (Å²) in [6, 6.07) is 15.7. The first-order valence-corrected chi connectivity index (χ1v) is 7.05. The Morgan fingerprint density at radius 1 is 1.10 bits per heavy atom. The molecule has 1 N–H and O–H groups in total. The Labute approximate surface area is 122 Å². The number of carbonyl (C=O) groups is 1. The van der Waals surface area contributed by atoms with Crippen molar-refractivity contribution in [2.24, 2.45) is 0 Å². The smallest absolute Gasteiger partial charge is 0.372 e. The van der Waals surface area contributed by atoms with E-state index in [0.717, 1.165) is 28.5 Å². The van der Waals surface area contributed by atoms with E-state index in [-0.39, 0.29) is 5.76 Å². The number of aryl methyl sites for hydroxylation is 1. The molecule has 3 aromatic rings. The maximum atomic E-state index is 11.4. The summed E-state index contributed by atoms with van der Waals surface area (Å²) >= 11 is 0. The highest BCUT2D eigenvalue weighted by Crippen LogP contribution is 2.34.